The lowest BCUT2D eigenvalue weighted by Gasteiger charge is -2.19. The van der Waals surface area contributed by atoms with E-state index in [-0.39, 0.29) is 18.3 Å². The quantitative estimate of drug-likeness (QED) is 0.164. The second kappa shape index (κ2) is 9.64. The Balaban J connectivity index is 1.56. The summed E-state index contributed by atoms with van der Waals surface area (Å²) >= 11 is 0. The molecule has 3 aromatic carbocycles. The second-order valence-corrected chi connectivity index (χ2v) is 8.98. The van der Waals surface area contributed by atoms with Crippen molar-refractivity contribution in [3.8, 4) is 0 Å². The van der Waals surface area contributed by atoms with Crippen molar-refractivity contribution in [1.29, 1.82) is 0 Å². The molecule has 39 heavy (non-hydrogen) atoms. The van der Waals surface area contributed by atoms with Gasteiger partial charge in [0.15, 0.2) is 0 Å². The summed E-state index contributed by atoms with van der Waals surface area (Å²) in [5.41, 5.74) is -1.56. The maximum absolute atomic E-state index is 13.5. The van der Waals surface area contributed by atoms with Crippen LogP contribution in [0.15, 0.2) is 84.7 Å². The minimum Gasteiger partial charge on any atom is -0.361 e. The highest BCUT2D eigenvalue weighted by Gasteiger charge is 2.42. The molecule has 1 aliphatic heterocycles. The number of rotatable bonds is 5. The minimum absolute atomic E-state index is 0.00117. The molecular weight excluding hydrogens is 524 g/mol. The van der Waals surface area contributed by atoms with Crippen LogP contribution in [0.1, 0.15) is 27.8 Å². The summed E-state index contributed by atoms with van der Waals surface area (Å²) in [5, 5.41) is 0.760. The third-order valence-corrected chi connectivity index (χ3v) is 6.30. The number of carbonyl (C=O) groups is 2. The molecule has 0 radical (unpaired) electrons. The third-order valence-electron chi connectivity index (χ3n) is 6.30. The highest BCUT2D eigenvalue weighted by Crippen LogP contribution is 2.37. The Morgan fingerprint density at radius 3 is 1.95 bits per heavy atom. The molecule has 0 atom stereocenters. The molecule has 11 heteroatoms. The Bertz CT molecular complexity index is 1560. The standard InChI is InChI=1S/C28H19F6N3O2/c29-27(30,31)20-10-18(11-21(13-20)28(32,33)34)16-37-25(38)24(12-19-14-35-23-9-5-4-8-22(19)23)36(26(37)39)15-17-6-2-1-3-7-17/h1-14,35H,15-16H2. The van der Waals surface area contributed by atoms with Crippen molar-refractivity contribution in [2.75, 3.05) is 0 Å². The van der Waals surface area contributed by atoms with Gasteiger partial charge in [-0.25, -0.2) is 4.79 Å². The smallest absolute Gasteiger partial charge is 0.361 e. The lowest BCUT2D eigenvalue weighted by Crippen LogP contribution is -2.32. The number of nitrogens with one attached hydrogen (secondary N) is 1. The fourth-order valence-corrected chi connectivity index (χ4v) is 4.44. The van der Waals surface area contributed by atoms with E-state index in [1.54, 1.807) is 48.7 Å². The Kier molecular flexibility index (Phi) is 6.45. The van der Waals surface area contributed by atoms with Crippen LogP contribution in [0.25, 0.3) is 17.0 Å². The molecule has 1 aromatic heterocycles. The van der Waals surface area contributed by atoms with E-state index in [0.29, 0.717) is 28.2 Å². The van der Waals surface area contributed by atoms with Crippen LogP contribution < -0.4 is 0 Å². The van der Waals surface area contributed by atoms with Gasteiger partial charge in [-0.05, 0) is 41.5 Å². The number of halogens is 6. The molecular formula is C28H19F6N3O2. The molecule has 5 nitrogen and oxygen atoms in total. The Hall–Kier alpha value is -4.54. The first kappa shape index (κ1) is 26.1. The van der Waals surface area contributed by atoms with E-state index < -0.39 is 47.5 Å². The average Bonchev–Trinajstić information content (AvgIpc) is 3.39. The van der Waals surface area contributed by atoms with Gasteiger partial charge in [-0.2, -0.15) is 26.3 Å². The van der Waals surface area contributed by atoms with Crippen LogP contribution in [0, 0.1) is 0 Å². The van der Waals surface area contributed by atoms with Crippen LogP contribution in [0.4, 0.5) is 31.1 Å². The Labute approximate surface area is 217 Å². The number of fused-ring (bicyclic) bond motifs is 1. The summed E-state index contributed by atoms with van der Waals surface area (Å²) < 4.78 is 80.2. The molecule has 0 aliphatic carbocycles. The fourth-order valence-electron chi connectivity index (χ4n) is 4.44. The average molecular weight is 543 g/mol. The third kappa shape index (κ3) is 5.25. The number of alkyl halides is 6. The highest BCUT2D eigenvalue weighted by molar-refractivity contribution is 6.14. The molecule has 0 spiro atoms. The number of urea groups is 1. The summed E-state index contributed by atoms with van der Waals surface area (Å²) in [7, 11) is 0. The van der Waals surface area contributed by atoms with Crippen LogP contribution in [0.5, 0.6) is 0 Å². The lowest BCUT2D eigenvalue weighted by molar-refractivity contribution is -0.143. The molecule has 5 rings (SSSR count). The van der Waals surface area contributed by atoms with E-state index >= 15 is 0 Å². The van der Waals surface area contributed by atoms with E-state index in [2.05, 4.69) is 4.98 Å². The molecule has 2 heterocycles. The largest absolute Gasteiger partial charge is 0.416 e. The molecule has 0 bridgehead atoms. The van der Waals surface area contributed by atoms with Gasteiger partial charge in [0.1, 0.15) is 5.70 Å². The van der Waals surface area contributed by atoms with E-state index in [1.165, 1.54) is 6.08 Å². The first-order chi connectivity index (χ1) is 18.4. The minimum atomic E-state index is -5.06. The van der Waals surface area contributed by atoms with Gasteiger partial charge in [0.2, 0.25) is 0 Å². The van der Waals surface area contributed by atoms with E-state index in [1.807, 2.05) is 12.1 Å². The van der Waals surface area contributed by atoms with Gasteiger partial charge in [0.05, 0.1) is 24.2 Å². The van der Waals surface area contributed by atoms with Crippen molar-refractivity contribution in [3.63, 3.8) is 0 Å². The second-order valence-electron chi connectivity index (χ2n) is 8.98. The number of nitrogens with zero attached hydrogens (tertiary/aromatic N) is 2. The zero-order valence-electron chi connectivity index (χ0n) is 20.0. The fraction of sp³-hybridized carbons (Fsp3) is 0.143. The first-order valence-corrected chi connectivity index (χ1v) is 11.7. The van der Waals surface area contributed by atoms with Gasteiger partial charge in [-0.15, -0.1) is 0 Å². The summed E-state index contributed by atoms with van der Waals surface area (Å²) in [6.07, 6.45) is -7.00. The topological polar surface area (TPSA) is 56.4 Å². The SMILES string of the molecule is O=C1C(=Cc2c[nH]c3ccccc23)N(Cc2ccccc2)C(=O)N1Cc1cc(C(F)(F)F)cc(C(F)(F)F)c1. The summed E-state index contributed by atoms with van der Waals surface area (Å²) in [6.45, 7) is -0.812. The van der Waals surface area contributed by atoms with Crippen molar-refractivity contribution in [1.82, 2.24) is 14.8 Å². The molecule has 4 aromatic rings. The number of hydrogen-bond donors (Lipinski definition) is 1. The van der Waals surface area contributed by atoms with Crippen LogP contribution in [0.3, 0.4) is 0 Å². The normalized spacial score (nSPS) is 15.7. The number of para-hydroxylation sites is 1. The number of aromatic nitrogens is 1. The maximum atomic E-state index is 13.5. The number of hydrogen-bond acceptors (Lipinski definition) is 2. The van der Waals surface area contributed by atoms with Crippen LogP contribution >= 0.6 is 0 Å². The first-order valence-electron chi connectivity index (χ1n) is 11.7. The Morgan fingerprint density at radius 2 is 1.31 bits per heavy atom. The number of H-pyrrole nitrogens is 1. The molecule has 200 valence electrons. The van der Waals surface area contributed by atoms with Crippen LogP contribution in [-0.4, -0.2) is 26.7 Å². The summed E-state index contributed by atoms with van der Waals surface area (Å²) in [5.74, 6) is -0.841. The van der Waals surface area contributed by atoms with Crippen LogP contribution in [-0.2, 0) is 30.2 Å². The van der Waals surface area contributed by atoms with Gasteiger partial charge in [-0.1, -0.05) is 48.5 Å². The summed E-state index contributed by atoms with van der Waals surface area (Å²) in [6, 6.07) is 16.1. The monoisotopic (exact) mass is 543 g/mol. The Morgan fingerprint density at radius 1 is 0.718 bits per heavy atom. The van der Waals surface area contributed by atoms with Gasteiger partial charge >= 0.3 is 18.4 Å². The van der Waals surface area contributed by atoms with Gasteiger partial charge < -0.3 is 4.98 Å². The van der Waals surface area contributed by atoms with E-state index in [0.717, 1.165) is 15.8 Å². The molecule has 1 N–H and O–H groups in total. The van der Waals surface area contributed by atoms with Crippen LogP contribution in [0.2, 0.25) is 0 Å². The van der Waals surface area contributed by atoms with Crippen molar-refractivity contribution >= 4 is 28.9 Å². The van der Waals surface area contributed by atoms with E-state index in [4.69, 9.17) is 0 Å². The molecule has 1 aliphatic rings. The lowest BCUT2D eigenvalue weighted by atomic mass is 10.0. The van der Waals surface area contributed by atoms with Crippen molar-refractivity contribution < 1.29 is 35.9 Å². The van der Waals surface area contributed by atoms with Gasteiger partial charge in [-0.3, -0.25) is 14.6 Å². The number of carbonyl (C=O) groups excluding carboxylic acids is 2. The molecule has 1 saturated heterocycles. The van der Waals surface area contributed by atoms with Crippen molar-refractivity contribution in [2.45, 2.75) is 25.4 Å². The van der Waals surface area contributed by atoms with Gasteiger partial charge in [0, 0.05) is 22.7 Å². The number of imide groups is 1. The van der Waals surface area contributed by atoms with Gasteiger partial charge in [0.25, 0.3) is 5.91 Å². The zero-order chi connectivity index (χ0) is 27.9. The molecule has 0 unspecified atom stereocenters. The number of amides is 3. The number of aromatic amines is 1. The molecule has 1 fully saturated rings. The molecule has 0 saturated carbocycles. The van der Waals surface area contributed by atoms with E-state index in [9.17, 15) is 35.9 Å². The van der Waals surface area contributed by atoms with Crippen molar-refractivity contribution in [2.24, 2.45) is 0 Å². The number of benzene rings is 3. The van der Waals surface area contributed by atoms with Crippen molar-refractivity contribution in [3.05, 3.63) is 113 Å². The highest BCUT2D eigenvalue weighted by atomic mass is 19.4. The summed E-state index contributed by atoms with van der Waals surface area (Å²) in [4.78, 5) is 31.8. The predicted molar refractivity (Wildman–Crippen MR) is 131 cm³/mol. The molecule has 3 amide bonds. The maximum Gasteiger partial charge on any atom is 0.416 e. The predicted octanol–water partition coefficient (Wildman–Crippen LogP) is 7.21. The zero-order valence-corrected chi connectivity index (χ0v) is 20.0.